The van der Waals surface area contributed by atoms with E-state index in [4.69, 9.17) is 21.0 Å². The molecule has 0 saturated carbocycles. The lowest BCUT2D eigenvalue weighted by Crippen LogP contribution is -2.29. The predicted molar refractivity (Wildman–Crippen MR) is 50.4 cm³/mol. The maximum absolute atomic E-state index is 9.42. The molecular formula is C8H8BClO3. The second kappa shape index (κ2) is 3.22. The first kappa shape index (κ1) is 8.87. The number of halogens is 1. The monoisotopic (exact) mass is 198 g/mol. The molecule has 0 bridgehead atoms. The molecule has 1 aliphatic rings. The second-order valence-corrected chi connectivity index (χ2v) is 3.20. The largest absolute Gasteiger partial charge is 0.495 e. The van der Waals surface area contributed by atoms with Gasteiger partial charge in [0, 0.05) is 5.46 Å². The van der Waals surface area contributed by atoms with Crippen molar-refractivity contribution in [3.8, 4) is 5.75 Å². The fourth-order valence-corrected chi connectivity index (χ4v) is 1.77. The van der Waals surface area contributed by atoms with Crippen molar-refractivity contribution in [2.24, 2.45) is 0 Å². The van der Waals surface area contributed by atoms with Crippen LogP contribution in [-0.2, 0) is 11.3 Å². The highest BCUT2D eigenvalue weighted by atomic mass is 35.5. The van der Waals surface area contributed by atoms with Gasteiger partial charge in [-0.3, -0.25) is 0 Å². The Kier molecular flexibility index (Phi) is 2.19. The van der Waals surface area contributed by atoms with E-state index in [2.05, 4.69) is 0 Å². The summed E-state index contributed by atoms with van der Waals surface area (Å²) in [4.78, 5) is 0. The lowest BCUT2D eigenvalue weighted by atomic mass is 9.79. The summed E-state index contributed by atoms with van der Waals surface area (Å²) in [6, 6.07) is 3.61. The summed E-state index contributed by atoms with van der Waals surface area (Å²) in [5.41, 5.74) is 1.54. The van der Waals surface area contributed by atoms with E-state index in [0.717, 1.165) is 5.56 Å². The predicted octanol–water partition coefficient (Wildman–Crippen LogP) is 0.566. The Hall–Kier alpha value is -0.705. The normalized spacial score (nSPS) is 14.5. The number of ether oxygens (including phenoxy) is 1. The van der Waals surface area contributed by atoms with E-state index in [-0.39, 0.29) is 0 Å². The molecule has 0 saturated heterocycles. The molecule has 1 aromatic rings. The molecule has 0 aromatic heterocycles. The van der Waals surface area contributed by atoms with E-state index >= 15 is 0 Å². The number of methoxy groups -OCH3 is 1. The first-order valence-electron chi connectivity index (χ1n) is 3.89. The topological polar surface area (TPSA) is 38.7 Å². The maximum Gasteiger partial charge on any atom is 0.493 e. The number of fused-ring (bicyclic) bond motifs is 1. The second-order valence-electron chi connectivity index (χ2n) is 2.82. The highest BCUT2D eigenvalue weighted by molar-refractivity contribution is 6.65. The third kappa shape index (κ3) is 1.31. The Morgan fingerprint density at radius 2 is 2.38 bits per heavy atom. The van der Waals surface area contributed by atoms with Crippen molar-refractivity contribution in [1.29, 1.82) is 0 Å². The summed E-state index contributed by atoms with van der Waals surface area (Å²) in [5.74, 6) is 0.560. The fourth-order valence-electron chi connectivity index (χ4n) is 1.42. The summed E-state index contributed by atoms with van der Waals surface area (Å²) in [6.45, 7) is 0.403. The smallest absolute Gasteiger partial charge is 0.493 e. The minimum absolute atomic E-state index is 0.403. The van der Waals surface area contributed by atoms with Crippen molar-refractivity contribution < 1.29 is 14.4 Å². The van der Waals surface area contributed by atoms with E-state index in [9.17, 15) is 5.02 Å². The Morgan fingerprint density at radius 3 is 3.08 bits per heavy atom. The number of hydrogen-bond donors (Lipinski definition) is 1. The molecule has 1 aromatic carbocycles. The Balaban J connectivity index is 2.56. The van der Waals surface area contributed by atoms with Crippen LogP contribution in [0.25, 0.3) is 0 Å². The van der Waals surface area contributed by atoms with Gasteiger partial charge < -0.3 is 14.4 Å². The van der Waals surface area contributed by atoms with Crippen molar-refractivity contribution >= 4 is 24.2 Å². The van der Waals surface area contributed by atoms with Crippen LogP contribution in [0.3, 0.4) is 0 Å². The quantitative estimate of drug-likeness (QED) is 0.671. The van der Waals surface area contributed by atoms with Crippen LogP contribution in [0.1, 0.15) is 5.56 Å². The first-order chi connectivity index (χ1) is 6.24. The van der Waals surface area contributed by atoms with Gasteiger partial charge in [-0.2, -0.15) is 0 Å². The SMILES string of the molecule is COc1ccc2c(c1Cl)B(O)OC2. The van der Waals surface area contributed by atoms with E-state index in [1.165, 1.54) is 7.11 Å². The van der Waals surface area contributed by atoms with Gasteiger partial charge >= 0.3 is 7.12 Å². The average molecular weight is 198 g/mol. The van der Waals surface area contributed by atoms with Gasteiger partial charge in [0.1, 0.15) is 5.75 Å². The van der Waals surface area contributed by atoms with Crippen LogP contribution >= 0.6 is 11.6 Å². The Morgan fingerprint density at radius 1 is 1.62 bits per heavy atom. The van der Waals surface area contributed by atoms with Crippen molar-refractivity contribution in [3.63, 3.8) is 0 Å². The molecule has 1 heterocycles. The number of hydrogen-bond acceptors (Lipinski definition) is 3. The molecule has 0 fully saturated rings. The molecular weight excluding hydrogens is 190 g/mol. The Bertz CT molecular complexity index is 342. The molecule has 0 atom stereocenters. The van der Waals surface area contributed by atoms with Crippen molar-refractivity contribution in [1.82, 2.24) is 0 Å². The third-order valence-corrected chi connectivity index (χ3v) is 2.49. The number of benzene rings is 1. The van der Waals surface area contributed by atoms with Crippen LogP contribution in [0, 0.1) is 0 Å². The Labute approximate surface area is 81.4 Å². The molecule has 0 unspecified atom stereocenters. The van der Waals surface area contributed by atoms with E-state index in [0.29, 0.717) is 22.8 Å². The first-order valence-corrected chi connectivity index (χ1v) is 4.26. The lowest BCUT2D eigenvalue weighted by molar-refractivity contribution is 0.275. The molecule has 1 aliphatic heterocycles. The molecule has 0 radical (unpaired) electrons. The molecule has 13 heavy (non-hydrogen) atoms. The van der Waals surface area contributed by atoms with Gasteiger partial charge in [-0.1, -0.05) is 17.7 Å². The molecule has 5 heteroatoms. The van der Waals surface area contributed by atoms with Crippen molar-refractivity contribution in [2.75, 3.05) is 7.11 Å². The van der Waals surface area contributed by atoms with Crippen molar-refractivity contribution in [2.45, 2.75) is 6.61 Å². The van der Waals surface area contributed by atoms with Gasteiger partial charge in [-0.25, -0.2) is 0 Å². The highest BCUT2D eigenvalue weighted by Gasteiger charge is 2.31. The minimum atomic E-state index is -0.919. The molecule has 0 spiro atoms. The third-order valence-electron chi connectivity index (χ3n) is 2.10. The van der Waals surface area contributed by atoms with Crippen LogP contribution in [0.15, 0.2) is 12.1 Å². The minimum Gasteiger partial charge on any atom is -0.495 e. The highest BCUT2D eigenvalue weighted by Crippen LogP contribution is 2.26. The zero-order valence-corrected chi connectivity index (χ0v) is 7.84. The summed E-state index contributed by atoms with van der Waals surface area (Å²) in [7, 11) is 0.619. The summed E-state index contributed by atoms with van der Waals surface area (Å²) < 4.78 is 10.0. The standard InChI is InChI=1S/C8H8BClO3/c1-12-6-3-2-5-4-13-9(11)7(5)8(6)10/h2-3,11H,4H2,1H3. The van der Waals surface area contributed by atoms with E-state index in [1.807, 2.05) is 6.07 Å². The van der Waals surface area contributed by atoms with Crippen LogP contribution in [0.2, 0.25) is 5.02 Å². The maximum atomic E-state index is 9.42. The van der Waals surface area contributed by atoms with Crippen LogP contribution in [0.4, 0.5) is 0 Å². The van der Waals surface area contributed by atoms with E-state index < -0.39 is 7.12 Å². The van der Waals surface area contributed by atoms with Crippen molar-refractivity contribution in [3.05, 3.63) is 22.7 Å². The fraction of sp³-hybridized carbons (Fsp3) is 0.250. The van der Waals surface area contributed by atoms with Crippen LogP contribution in [-0.4, -0.2) is 19.3 Å². The van der Waals surface area contributed by atoms with Gasteiger partial charge in [0.25, 0.3) is 0 Å². The van der Waals surface area contributed by atoms with Gasteiger partial charge in [0.2, 0.25) is 0 Å². The average Bonchev–Trinajstić information content (AvgIpc) is 2.49. The van der Waals surface area contributed by atoms with Gasteiger partial charge in [0.15, 0.2) is 0 Å². The van der Waals surface area contributed by atoms with Gasteiger partial charge in [-0.15, -0.1) is 0 Å². The van der Waals surface area contributed by atoms with Gasteiger partial charge in [-0.05, 0) is 11.6 Å². The lowest BCUT2D eigenvalue weighted by Gasteiger charge is -2.06. The molecule has 3 nitrogen and oxygen atoms in total. The number of rotatable bonds is 1. The molecule has 1 N–H and O–H groups in total. The van der Waals surface area contributed by atoms with Gasteiger partial charge in [0.05, 0.1) is 18.7 Å². The van der Waals surface area contributed by atoms with Crippen LogP contribution in [0.5, 0.6) is 5.75 Å². The molecule has 0 aliphatic carbocycles. The summed E-state index contributed by atoms with van der Waals surface area (Å²) in [6.07, 6.45) is 0. The zero-order chi connectivity index (χ0) is 9.42. The summed E-state index contributed by atoms with van der Waals surface area (Å²) >= 11 is 5.98. The molecule has 2 rings (SSSR count). The molecule has 68 valence electrons. The zero-order valence-electron chi connectivity index (χ0n) is 7.08. The molecule has 0 amide bonds. The van der Waals surface area contributed by atoms with Crippen LogP contribution < -0.4 is 10.2 Å². The summed E-state index contributed by atoms with van der Waals surface area (Å²) in [5, 5.41) is 9.86. The van der Waals surface area contributed by atoms with E-state index in [1.54, 1.807) is 6.07 Å².